The number of hydrogen-bond acceptors (Lipinski definition) is 4. The van der Waals surface area contributed by atoms with Gasteiger partial charge in [0.25, 0.3) is 0 Å². The van der Waals surface area contributed by atoms with Crippen molar-refractivity contribution in [3.63, 3.8) is 0 Å². The molecule has 6 rings (SSSR count). The number of aliphatic hydroxyl groups is 1. The molecular formula is C50H66IrNO2SSi-. The largest absolute Gasteiger partial charge is 0.512 e. The summed E-state index contributed by atoms with van der Waals surface area (Å²) in [4.78, 5) is 18.2. The van der Waals surface area contributed by atoms with Gasteiger partial charge in [-0.2, -0.15) is 0 Å². The Kier molecular flexibility index (Phi) is 16.5. The predicted molar refractivity (Wildman–Crippen MR) is 243 cm³/mol. The number of fused-ring (bicyclic) bond motifs is 2. The van der Waals surface area contributed by atoms with Gasteiger partial charge in [0.15, 0.2) is 5.78 Å². The first-order valence-corrected chi connectivity index (χ1v) is 25.4. The molecule has 2 heterocycles. The predicted octanol–water partition coefficient (Wildman–Crippen LogP) is 14.6. The molecule has 6 heteroatoms. The van der Waals surface area contributed by atoms with Gasteiger partial charge in [0.1, 0.15) is 0 Å². The quantitative estimate of drug-likeness (QED) is 0.0587. The minimum atomic E-state index is -1.66. The third-order valence-corrected chi connectivity index (χ3v) is 15.0. The topological polar surface area (TPSA) is 50.2 Å². The van der Waals surface area contributed by atoms with E-state index in [0.29, 0.717) is 5.92 Å². The van der Waals surface area contributed by atoms with E-state index in [9.17, 15) is 9.90 Å². The van der Waals surface area contributed by atoms with Crippen molar-refractivity contribution in [2.45, 2.75) is 138 Å². The van der Waals surface area contributed by atoms with Gasteiger partial charge in [-0.1, -0.05) is 141 Å². The fourth-order valence-electron chi connectivity index (χ4n) is 8.47. The van der Waals surface area contributed by atoms with Crippen LogP contribution in [0.5, 0.6) is 0 Å². The van der Waals surface area contributed by atoms with Gasteiger partial charge in [-0.05, 0) is 84.0 Å². The number of carbonyl (C=O) groups is 1. The summed E-state index contributed by atoms with van der Waals surface area (Å²) in [5.41, 5.74) is 6.79. The van der Waals surface area contributed by atoms with Gasteiger partial charge in [0, 0.05) is 59.5 Å². The Morgan fingerprint density at radius 2 is 1.52 bits per heavy atom. The molecule has 1 N–H and O–H groups in total. The van der Waals surface area contributed by atoms with E-state index in [1.54, 1.807) is 5.19 Å². The summed E-state index contributed by atoms with van der Waals surface area (Å²) < 4.78 is 1.31. The van der Waals surface area contributed by atoms with Gasteiger partial charge in [-0.3, -0.25) is 9.78 Å². The Bertz CT molecular complexity index is 2070. The number of aliphatic hydroxyl groups excluding tert-OH is 1. The maximum Gasteiger partial charge on any atom is 0.162 e. The summed E-state index contributed by atoms with van der Waals surface area (Å²) in [5.74, 6) is 1.18. The first-order valence-electron chi connectivity index (χ1n) is 21.1. The van der Waals surface area contributed by atoms with Crippen molar-refractivity contribution in [2.24, 2.45) is 17.3 Å². The van der Waals surface area contributed by atoms with Crippen molar-refractivity contribution in [2.75, 3.05) is 0 Å². The van der Waals surface area contributed by atoms with Crippen LogP contribution in [0.15, 0.2) is 78.7 Å². The molecule has 303 valence electrons. The fraction of sp³-hybridized carbons (Fsp3) is 0.480. The van der Waals surface area contributed by atoms with E-state index < -0.39 is 8.07 Å². The zero-order valence-corrected chi connectivity index (χ0v) is 40.0. The molecule has 1 radical (unpaired) electrons. The van der Waals surface area contributed by atoms with Crippen molar-refractivity contribution in [3.8, 4) is 21.7 Å². The van der Waals surface area contributed by atoms with E-state index >= 15 is 0 Å². The van der Waals surface area contributed by atoms with Gasteiger partial charge in [-0.15, -0.1) is 40.5 Å². The molecule has 0 spiro atoms. The summed E-state index contributed by atoms with van der Waals surface area (Å²) in [7, 11) is -1.66. The molecule has 0 amide bonds. The van der Waals surface area contributed by atoms with Crippen LogP contribution < -0.4 is 5.19 Å². The van der Waals surface area contributed by atoms with E-state index in [0.717, 1.165) is 43.4 Å². The molecule has 1 aliphatic rings. The van der Waals surface area contributed by atoms with Crippen molar-refractivity contribution in [1.82, 2.24) is 4.98 Å². The average Bonchev–Trinajstić information content (AvgIpc) is 3.57. The maximum absolute atomic E-state index is 11.7. The molecule has 1 saturated carbocycles. The van der Waals surface area contributed by atoms with Crippen molar-refractivity contribution < 1.29 is 30.0 Å². The van der Waals surface area contributed by atoms with E-state index in [4.69, 9.17) is 4.98 Å². The fourth-order valence-corrected chi connectivity index (χ4v) is 12.7. The molecule has 5 aromatic rings. The summed E-state index contributed by atoms with van der Waals surface area (Å²) in [6, 6.07) is 26.8. The Labute approximate surface area is 357 Å². The Hall–Kier alpha value is -2.89. The number of carbonyl (C=O) groups excluding carboxylic acids is 1. The number of benzene rings is 3. The van der Waals surface area contributed by atoms with E-state index in [-0.39, 0.29) is 48.9 Å². The van der Waals surface area contributed by atoms with Crippen molar-refractivity contribution in [3.05, 3.63) is 95.9 Å². The van der Waals surface area contributed by atoms with Crippen LogP contribution in [0, 0.1) is 23.3 Å². The van der Waals surface area contributed by atoms with Crippen molar-refractivity contribution in [1.29, 1.82) is 0 Å². The number of rotatable bonds is 12. The van der Waals surface area contributed by atoms with Gasteiger partial charge >= 0.3 is 0 Å². The number of allylic oxidation sites excluding steroid dienone is 2. The number of thiophene rings is 1. The van der Waals surface area contributed by atoms with E-state index in [1.807, 2.05) is 45.2 Å². The van der Waals surface area contributed by atoms with Crippen LogP contribution in [-0.4, -0.2) is 23.9 Å². The molecule has 2 aromatic heterocycles. The molecule has 56 heavy (non-hydrogen) atoms. The molecule has 0 saturated heterocycles. The zero-order valence-electron chi connectivity index (χ0n) is 35.8. The van der Waals surface area contributed by atoms with Crippen LogP contribution in [0.3, 0.4) is 0 Å². The van der Waals surface area contributed by atoms with Crippen LogP contribution in [0.2, 0.25) is 19.6 Å². The van der Waals surface area contributed by atoms with Crippen LogP contribution in [0.25, 0.3) is 42.6 Å². The second-order valence-electron chi connectivity index (χ2n) is 18.0. The summed E-state index contributed by atoms with van der Waals surface area (Å²) in [6.45, 7) is 22.5. The Morgan fingerprint density at radius 1 is 0.893 bits per heavy atom. The molecule has 1 aliphatic carbocycles. The second kappa shape index (κ2) is 20.2. The van der Waals surface area contributed by atoms with Crippen LogP contribution >= 0.6 is 11.3 Å². The van der Waals surface area contributed by atoms with Crippen LogP contribution in [0.4, 0.5) is 0 Å². The summed E-state index contributed by atoms with van der Waals surface area (Å²) in [6.07, 6.45) is 14.7. The molecule has 0 aliphatic heterocycles. The first kappa shape index (κ1) is 45.8. The summed E-state index contributed by atoms with van der Waals surface area (Å²) >= 11 is 1.94. The van der Waals surface area contributed by atoms with E-state index in [2.05, 4.69) is 107 Å². The average molecular weight is 965 g/mol. The van der Waals surface area contributed by atoms with E-state index in [1.165, 1.54) is 80.6 Å². The minimum absolute atomic E-state index is 0. The standard InChI is InChI=1S/C37H42NSSi.C13H24O2.Ir/c1-37(2,3)24-25-16-18-27(19-17-25)34-36(40(4,5)6)31-20-21-38-33(35(31)39-34)29-22-28-14-10-11-15-30(28)32(23-29)26-12-8-7-9-13-26;1-5-10(6-2)12(14)9-13(15)11(7-3)8-4;/h10-11,14-21,23,26H,7-9,12-13,24H2,1-6H3;9-11,14H,5-8H2,1-4H3;/q-1;;/b;12-9-;. The van der Waals surface area contributed by atoms with Gasteiger partial charge in [0.2, 0.25) is 0 Å². The molecule has 0 bridgehead atoms. The summed E-state index contributed by atoms with van der Waals surface area (Å²) in [5, 5.41) is 15.3. The zero-order chi connectivity index (χ0) is 39.9. The molecular weight excluding hydrogens is 899 g/mol. The smallest absolute Gasteiger partial charge is 0.162 e. The molecule has 0 unspecified atom stereocenters. The number of hydrogen-bond donors (Lipinski definition) is 1. The molecule has 0 atom stereocenters. The maximum atomic E-state index is 11.7. The van der Waals surface area contributed by atoms with Crippen LogP contribution in [0.1, 0.15) is 123 Å². The monoisotopic (exact) mass is 965 g/mol. The number of aromatic nitrogens is 1. The van der Waals surface area contributed by atoms with Crippen molar-refractivity contribution >= 4 is 51.2 Å². The minimum Gasteiger partial charge on any atom is -0.512 e. The van der Waals surface area contributed by atoms with Gasteiger partial charge in [-0.25, -0.2) is 0 Å². The number of ketones is 1. The molecule has 3 nitrogen and oxygen atoms in total. The third kappa shape index (κ3) is 11.2. The van der Waals surface area contributed by atoms with Gasteiger partial charge < -0.3 is 5.11 Å². The third-order valence-electron chi connectivity index (χ3n) is 11.5. The first-order chi connectivity index (χ1) is 26.2. The number of pyridine rings is 1. The molecule has 1 fully saturated rings. The van der Waals surface area contributed by atoms with Crippen LogP contribution in [-0.2, 0) is 31.3 Å². The normalized spacial score (nSPS) is 14.2. The van der Waals surface area contributed by atoms with Gasteiger partial charge in [0.05, 0.1) is 13.8 Å². The molecule has 3 aromatic carbocycles. The number of nitrogens with zero attached hydrogens (tertiary/aromatic N) is 1. The Balaban J connectivity index is 0.000000372. The SMILES string of the molecule is CC(C)(C)Cc1ccc(-c2sc3c(-c4[c-]c5ccccc5c(C5CCCCC5)c4)nccc3c2[Si](C)(C)C)cc1.CCC(CC)C(=O)/C=C(\O)C(CC)CC.[Ir]. The second-order valence-corrected chi connectivity index (χ2v) is 24.1. The Morgan fingerprint density at radius 3 is 2.11 bits per heavy atom.